The summed E-state index contributed by atoms with van der Waals surface area (Å²) in [5, 5.41) is 1.40. The van der Waals surface area contributed by atoms with Crippen LogP contribution >= 0.6 is 0 Å². The number of hydrazone groups is 1. The van der Waals surface area contributed by atoms with Gasteiger partial charge in [-0.25, -0.2) is 8.78 Å². The first-order valence-electron chi connectivity index (χ1n) is 7.03. The van der Waals surface area contributed by atoms with Crippen molar-refractivity contribution in [3.8, 4) is 5.75 Å². The summed E-state index contributed by atoms with van der Waals surface area (Å²) in [7, 11) is 2.94. The fourth-order valence-electron chi connectivity index (χ4n) is 2.70. The number of hydrogen-bond acceptors (Lipinski definition) is 2. The summed E-state index contributed by atoms with van der Waals surface area (Å²) in [6, 6.07) is 11.2. The van der Waals surface area contributed by atoms with E-state index in [1.165, 1.54) is 16.8 Å². The SMILES string of the molecule is COc1cc(F)c(C2=[N+](C)N(c3ccccc3)C(=O)C2)c(F)c1. The lowest BCUT2D eigenvalue weighted by atomic mass is 10.1. The number of methoxy groups -OCH3 is 1. The third kappa shape index (κ3) is 2.56. The van der Waals surface area contributed by atoms with Crippen LogP contribution in [0.2, 0.25) is 0 Å². The number of amides is 1. The number of ether oxygens (including phenoxy) is 1. The number of carbonyl (C=O) groups excluding carboxylic acids is 1. The van der Waals surface area contributed by atoms with Crippen LogP contribution in [0.3, 0.4) is 0 Å². The second kappa shape index (κ2) is 5.79. The van der Waals surface area contributed by atoms with Crippen molar-refractivity contribution in [2.24, 2.45) is 0 Å². The lowest BCUT2D eigenvalue weighted by Gasteiger charge is -2.11. The standard InChI is InChI=1S/C17H15F2N2O2/c1-20-15(17-13(18)8-12(23-2)9-14(17)19)10-16(22)21(20)11-6-4-3-5-7-11/h3-9H,10H2,1-2H3/q+1. The molecule has 1 aliphatic rings. The zero-order valence-electron chi connectivity index (χ0n) is 12.7. The third-order valence-electron chi connectivity index (χ3n) is 3.79. The average molecular weight is 317 g/mol. The number of rotatable bonds is 3. The second-order valence-electron chi connectivity index (χ2n) is 5.15. The van der Waals surface area contributed by atoms with Gasteiger partial charge in [-0.1, -0.05) is 23.2 Å². The maximum atomic E-state index is 14.3. The number of anilines is 1. The van der Waals surface area contributed by atoms with Crippen molar-refractivity contribution in [2.75, 3.05) is 19.2 Å². The first-order valence-corrected chi connectivity index (χ1v) is 7.03. The minimum atomic E-state index is -0.758. The van der Waals surface area contributed by atoms with Gasteiger partial charge in [0.2, 0.25) is 5.71 Å². The highest BCUT2D eigenvalue weighted by Gasteiger charge is 2.40. The number of carbonyl (C=O) groups is 1. The van der Waals surface area contributed by atoms with Gasteiger partial charge in [-0.3, -0.25) is 4.79 Å². The summed E-state index contributed by atoms with van der Waals surface area (Å²) in [5.41, 5.74) is 0.709. The number of hydrazine groups is 1. The molecule has 3 rings (SSSR count). The summed E-state index contributed by atoms with van der Waals surface area (Å²) >= 11 is 0. The van der Waals surface area contributed by atoms with Gasteiger partial charge in [0.05, 0.1) is 7.11 Å². The van der Waals surface area contributed by atoms with Crippen LogP contribution in [-0.4, -0.2) is 30.5 Å². The van der Waals surface area contributed by atoms with E-state index in [1.807, 2.05) is 6.07 Å². The molecule has 1 aliphatic heterocycles. The van der Waals surface area contributed by atoms with E-state index >= 15 is 0 Å². The second-order valence-corrected chi connectivity index (χ2v) is 5.15. The van der Waals surface area contributed by atoms with Gasteiger partial charge in [-0.05, 0) is 12.1 Å². The molecule has 0 radical (unpaired) electrons. The predicted molar refractivity (Wildman–Crippen MR) is 81.7 cm³/mol. The Morgan fingerprint density at radius 1 is 1.13 bits per heavy atom. The molecule has 0 fully saturated rings. The largest absolute Gasteiger partial charge is 0.497 e. The van der Waals surface area contributed by atoms with Crippen molar-refractivity contribution in [3.63, 3.8) is 0 Å². The van der Waals surface area contributed by atoms with Crippen LogP contribution in [0.15, 0.2) is 42.5 Å². The number of benzene rings is 2. The molecule has 2 aromatic rings. The van der Waals surface area contributed by atoms with E-state index in [4.69, 9.17) is 4.74 Å². The summed E-state index contributed by atoms with van der Waals surface area (Å²) in [6.07, 6.45) is -0.0778. The highest BCUT2D eigenvalue weighted by Crippen LogP contribution is 2.26. The molecule has 0 bridgehead atoms. The van der Waals surface area contributed by atoms with E-state index < -0.39 is 11.6 Å². The molecule has 1 heterocycles. The molecule has 4 nitrogen and oxygen atoms in total. The van der Waals surface area contributed by atoms with Crippen molar-refractivity contribution in [2.45, 2.75) is 6.42 Å². The minimum absolute atomic E-state index is 0.0778. The molecule has 0 aliphatic carbocycles. The fraction of sp³-hybridized carbons (Fsp3) is 0.176. The maximum absolute atomic E-state index is 14.3. The molecular weight excluding hydrogens is 302 g/mol. The molecule has 0 spiro atoms. The van der Waals surface area contributed by atoms with E-state index in [1.54, 1.807) is 31.3 Å². The Hall–Kier alpha value is -2.76. The van der Waals surface area contributed by atoms with Gasteiger partial charge in [0.25, 0.3) is 5.91 Å². The smallest absolute Gasteiger partial charge is 0.293 e. The van der Waals surface area contributed by atoms with Crippen LogP contribution in [-0.2, 0) is 4.79 Å². The highest BCUT2D eigenvalue weighted by molar-refractivity contribution is 6.15. The number of halogens is 2. The van der Waals surface area contributed by atoms with E-state index in [9.17, 15) is 13.6 Å². The molecule has 0 unspecified atom stereocenters. The normalized spacial score (nSPS) is 14.6. The monoisotopic (exact) mass is 317 g/mol. The molecule has 0 aromatic heterocycles. The first kappa shape index (κ1) is 15.1. The first-order chi connectivity index (χ1) is 11.0. The molecule has 1 amide bonds. The Balaban J connectivity index is 2.11. The van der Waals surface area contributed by atoms with E-state index in [-0.39, 0.29) is 29.4 Å². The van der Waals surface area contributed by atoms with Crippen molar-refractivity contribution < 1.29 is 23.0 Å². The Bertz CT molecular complexity index is 780. The van der Waals surface area contributed by atoms with Gasteiger partial charge in [0, 0.05) is 12.1 Å². The lowest BCUT2D eigenvalue weighted by Crippen LogP contribution is -2.33. The topological polar surface area (TPSA) is 32.5 Å². The third-order valence-corrected chi connectivity index (χ3v) is 3.79. The highest BCUT2D eigenvalue weighted by atomic mass is 19.1. The Labute approximate surface area is 132 Å². The van der Waals surface area contributed by atoms with Crippen molar-refractivity contribution in [3.05, 3.63) is 59.7 Å². The van der Waals surface area contributed by atoms with Crippen molar-refractivity contribution >= 4 is 17.3 Å². The van der Waals surface area contributed by atoms with Gasteiger partial charge < -0.3 is 4.74 Å². The zero-order chi connectivity index (χ0) is 16.6. The Kier molecular flexibility index (Phi) is 3.82. The molecule has 2 aromatic carbocycles. The van der Waals surface area contributed by atoms with Crippen LogP contribution in [0.5, 0.6) is 5.75 Å². The number of para-hydroxylation sites is 1. The molecule has 0 saturated carbocycles. The van der Waals surface area contributed by atoms with Gasteiger partial charge in [0.15, 0.2) is 7.05 Å². The van der Waals surface area contributed by atoms with E-state index in [0.29, 0.717) is 5.69 Å². The van der Waals surface area contributed by atoms with Gasteiger partial charge in [-0.15, -0.1) is 4.68 Å². The van der Waals surface area contributed by atoms with E-state index in [0.717, 1.165) is 12.1 Å². The van der Waals surface area contributed by atoms with Crippen LogP contribution in [0.1, 0.15) is 12.0 Å². The Morgan fingerprint density at radius 2 is 1.74 bits per heavy atom. The van der Waals surface area contributed by atoms with Gasteiger partial charge >= 0.3 is 0 Å². The fourth-order valence-corrected chi connectivity index (χ4v) is 2.70. The van der Waals surface area contributed by atoms with Crippen LogP contribution < -0.4 is 9.75 Å². The minimum Gasteiger partial charge on any atom is -0.497 e. The molecule has 0 N–H and O–H groups in total. The van der Waals surface area contributed by atoms with Crippen LogP contribution in [0, 0.1) is 11.6 Å². The Morgan fingerprint density at radius 3 is 2.30 bits per heavy atom. The van der Waals surface area contributed by atoms with Crippen molar-refractivity contribution in [1.29, 1.82) is 0 Å². The van der Waals surface area contributed by atoms with Crippen LogP contribution in [0.25, 0.3) is 0 Å². The molecular formula is C17H15F2N2O2+. The summed E-state index contributed by atoms with van der Waals surface area (Å²) in [6.45, 7) is 0. The van der Waals surface area contributed by atoms with Crippen molar-refractivity contribution in [1.82, 2.24) is 0 Å². The number of hydrogen-bond donors (Lipinski definition) is 0. The summed E-state index contributed by atoms with van der Waals surface area (Å²) in [5.74, 6) is -1.67. The van der Waals surface area contributed by atoms with Gasteiger partial charge in [-0.2, -0.15) is 0 Å². The predicted octanol–water partition coefficient (Wildman–Crippen LogP) is 2.76. The number of nitrogens with zero attached hydrogens (tertiary/aromatic N) is 2. The van der Waals surface area contributed by atoms with Crippen LogP contribution in [0.4, 0.5) is 14.5 Å². The van der Waals surface area contributed by atoms with Gasteiger partial charge in [0.1, 0.15) is 35.1 Å². The molecule has 118 valence electrons. The maximum Gasteiger partial charge on any atom is 0.293 e. The average Bonchev–Trinajstić information content (AvgIpc) is 2.82. The lowest BCUT2D eigenvalue weighted by molar-refractivity contribution is -0.495. The zero-order valence-corrected chi connectivity index (χ0v) is 12.7. The molecule has 0 atom stereocenters. The quantitative estimate of drug-likeness (QED) is 0.816. The molecule has 6 heteroatoms. The summed E-state index contributed by atoms with van der Waals surface area (Å²) < 4.78 is 34.9. The molecule has 23 heavy (non-hydrogen) atoms. The summed E-state index contributed by atoms with van der Waals surface area (Å²) in [4.78, 5) is 12.3. The van der Waals surface area contributed by atoms with E-state index in [2.05, 4.69) is 0 Å². The molecule has 0 saturated heterocycles.